The maximum Gasteiger partial charge on any atom is 0.254 e. The molecule has 138 valence electrons. The highest BCUT2D eigenvalue weighted by molar-refractivity contribution is 5.90. The number of ether oxygens (including phenoxy) is 1. The Labute approximate surface area is 155 Å². The maximum absolute atomic E-state index is 12.9. The van der Waals surface area contributed by atoms with Crippen molar-refractivity contribution in [2.75, 3.05) is 11.9 Å². The van der Waals surface area contributed by atoms with Crippen molar-refractivity contribution in [1.29, 1.82) is 0 Å². The molecule has 0 bridgehead atoms. The Morgan fingerprint density at radius 2 is 1.85 bits per heavy atom. The summed E-state index contributed by atoms with van der Waals surface area (Å²) in [6, 6.07) is 14.0. The van der Waals surface area contributed by atoms with Gasteiger partial charge in [0.15, 0.2) is 0 Å². The Balaban J connectivity index is 1.69. The van der Waals surface area contributed by atoms with Crippen LogP contribution in [0.15, 0.2) is 65.7 Å². The number of halogens is 1. The number of rotatable bonds is 6. The number of nitrogens with zero attached hydrogens (tertiary/aromatic N) is 2. The third-order valence-electron chi connectivity index (χ3n) is 3.78. The lowest BCUT2D eigenvalue weighted by molar-refractivity contribution is -0.116. The highest BCUT2D eigenvalue weighted by Gasteiger charge is 2.08. The molecule has 0 atom stereocenters. The fraction of sp³-hybridized carbons (Fsp3) is 0.150. The molecule has 0 aliphatic heterocycles. The Hall–Kier alpha value is -3.48. The topological polar surface area (TPSA) is 73.2 Å². The zero-order valence-electron chi connectivity index (χ0n) is 14.7. The van der Waals surface area contributed by atoms with E-state index in [2.05, 4.69) is 10.3 Å². The van der Waals surface area contributed by atoms with Crippen molar-refractivity contribution in [3.8, 4) is 17.0 Å². The first kappa shape index (κ1) is 18.3. The summed E-state index contributed by atoms with van der Waals surface area (Å²) in [7, 11) is 0. The second kappa shape index (κ2) is 8.27. The zero-order chi connectivity index (χ0) is 19.2. The first-order valence-electron chi connectivity index (χ1n) is 8.40. The number of anilines is 1. The molecule has 1 N–H and O–H groups in total. The lowest BCUT2D eigenvalue weighted by Crippen LogP contribution is -2.27. The van der Waals surface area contributed by atoms with E-state index in [-0.39, 0.29) is 12.1 Å². The summed E-state index contributed by atoms with van der Waals surface area (Å²) in [5.41, 5.74) is 1.40. The van der Waals surface area contributed by atoms with Gasteiger partial charge in [0.1, 0.15) is 18.1 Å². The molecule has 0 saturated heterocycles. The first-order valence-corrected chi connectivity index (χ1v) is 8.40. The summed E-state index contributed by atoms with van der Waals surface area (Å²) < 4.78 is 19.5. The number of carbonyl (C=O) groups is 1. The van der Waals surface area contributed by atoms with Gasteiger partial charge in [-0.15, -0.1) is 0 Å². The first-order chi connectivity index (χ1) is 13.0. The fourth-order valence-corrected chi connectivity index (χ4v) is 2.48. The normalized spacial score (nSPS) is 10.4. The molecule has 0 unspecified atom stereocenters. The van der Waals surface area contributed by atoms with Crippen LogP contribution in [0.1, 0.15) is 6.92 Å². The van der Waals surface area contributed by atoms with Gasteiger partial charge < -0.3 is 10.1 Å². The van der Waals surface area contributed by atoms with Gasteiger partial charge in [0.25, 0.3) is 5.56 Å². The third-order valence-corrected chi connectivity index (χ3v) is 3.78. The SMILES string of the molecule is CCOc1ccc(-c2cc(=O)n(CC(=O)Nc3ccc(F)cc3)cn2)cc1. The quantitative estimate of drug-likeness (QED) is 0.727. The van der Waals surface area contributed by atoms with Crippen LogP contribution in [0.4, 0.5) is 10.1 Å². The predicted molar refractivity (Wildman–Crippen MR) is 100 cm³/mol. The van der Waals surface area contributed by atoms with E-state index in [0.717, 1.165) is 11.3 Å². The summed E-state index contributed by atoms with van der Waals surface area (Å²) in [5, 5.41) is 2.60. The van der Waals surface area contributed by atoms with Crippen LogP contribution >= 0.6 is 0 Å². The molecule has 3 aromatic rings. The van der Waals surface area contributed by atoms with E-state index >= 15 is 0 Å². The van der Waals surface area contributed by atoms with Crippen LogP contribution in [0.2, 0.25) is 0 Å². The second-order valence-corrected chi connectivity index (χ2v) is 5.75. The summed E-state index contributed by atoms with van der Waals surface area (Å²) in [6.45, 7) is 2.29. The smallest absolute Gasteiger partial charge is 0.254 e. The highest BCUT2D eigenvalue weighted by Crippen LogP contribution is 2.19. The molecule has 1 amide bonds. The number of hydrogen-bond acceptors (Lipinski definition) is 4. The van der Waals surface area contributed by atoms with Gasteiger partial charge in [-0.3, -0.25) is 14.2 Å². The number of benzene rings is 2. The van der Waals surface area contributed by atoms with E-state index in [1.807, 2.05) is 31.2 Å². The van der Waals surface area contributed by atoms with Gasteiger partial charge in [0.2, 0.25) is 5.91 Å². The standard InChI is InChI=1S/C20H18FN3O3/c1-2-27-17-9-3-14(4-10-17)18-11-20(26)24(13-22-18)12-19(25)23-16-7-5-15(21)6-8-16/h3-11,13H,2,12H2,1H3,(H,23,25). The summed E-state index contributed by atoms with van der Waals surface area (Å²) in [6.07, 6.45) is 1.33. The molecule has 0 fully saturated rings. The molecule has 1 heterocycles. The molecule has 6 nitrogen and oxygen atoms in total. The molecule has 3 rings (SSSR count). The van der Waals surface area contributed by atoms with Crippen LogP contribution in [0, 0.1) is 5.82 Å². The molecule has 0 spiro atoms. The van der Waals surface area contributed by atoms with E-state index < -0.39 is 11.7 Å². The van der Waals surface area contributed by atoms with Crippen LogP contribution < -0.4 is 15.6 Å². The molecule has 1 aromatic heterocycles. The van der Waals surface area contributed by atoms with Crippen LogP contribution in [0.5, 0.6) is 5.75 Å². The average Bonchev–Trinajstić information content (AvgIpc) is 2.66. The molecule has 0 aliphatic rings. The van der Waals surface area contributed by atoms with Crippen LogP contribution in [0.3, 0.4) is 0 Å². The number of aromatic nitrogens is 2. The summed E-state index contributed by atoms with van der Waals surface area (Å²) in [4.78, 5) is 28.6. The summed E-state index contributed by atoms with van der Waals surface area (Å²) in [5.74, 6) is -0.0512. The average molecular weight is 367 g/mol. The maximum atomic E-state index is 12.9. The van der Waals surface area contributed by atoms with Crippen LogP contribution in [0.25, 0.3) is 11.3 Å². The van der Waals surface area contributed by atoms with Crippen molar-refractivity contribution >= 4 is 11.6 Å². The van der Waals surface area contributed by atoms with Crippen molar-refractivity contribution < 1.29 is 13.9 Å². The minimum Gasteiger partial charge on any atom is -0.494 e. The van der Waals surface area contributed by atoms with E-state index in [1.165, 1.54) is 41.2 Å². The number of nitrogens with one attached hydrogen (secondary N) is 1. The Morgan fingerprint density at radius 3 is 2.48 bits per heavy atom. The predicted octanol–water partition coefficient (Wildman–Crippen LogP) is 3.09. The van der Waals surface area contributed by atoms with Gasteiger partial charge in [0.05, 0.1) is 18.6 Å². The Bertz CT molecular complexity index is 983. The van der Waals surface area contributed by atoms with Crippen molar-refractivity contribution in [3.63, 3.8) is 0 Å². The van der Waals surface area contributed by atoms with E-state index in [0.29, 0.717) is 18.0 Å². The van der Waals surface area contributed by atoms with Gasteiger partial charge in [-0.05, 0) is 55.5 Å². The van der Waals surface area contributed by atoms with Crippen molar-refractivity contribution in [2.24, 2.45) is 0 Å². The highest BCUT2D eigenvalue weighted by atomic mass is 19.1. The molecule has 7 heteroatoms. The minimum atomic E-state index is -0.403. The molecule has 0 aliphatic carbocycles. The van der Waals surface area contributed by atoms with Crippen LogP contribution in [-0.2, 0) is 11.3 Å². The molecular formula is C20H18FN3O3. The van der Waals surface area contributed by atoms with E-state index in [1.54, 1.807) is 0 Å². The molecule has 0 radical (unpaired) electrons. The van der Waals surface area contributed by atoms with Gasteiger partial charge in [-0.2, -0.15) is 0 Å². The minimum absolute atomic E-state index is 0.188. The molecule has 2 aromatic carbocycles. The third kappa shape index (κ3) is 4.78. The Morgan fingerprint density at radius 1 is 1.15 bits per heavy atom. The van der Waals surface area contributed by atoms with Crippen molar-refractivity contribution in [1.82, 2.24) is 9.55 Å². The van der Waals surface area contributed by atoms with Gasteiger partial charge >= 0.3 is 0 Å². The van der Waals surface area contributed by atoms with Gasteiger partial charge in [-0.25, -0.2) is 9.37 Å². The van der Waals surface area contributed by atoms with Crippen molar-refractivity contribution in [3.05, 3.63) is 77.1 Å². The number of amides is 1. The van der Waals surface area contributed by atoms with E-state index in [9.17, 15) is 14.0 Å². The van der Waals surface area contributed by atoms with Crippen LogP contribution in [-0.4, -0.2) is 22.1 Å². The largest absolute Gasteiger partial charge is 0.494 e. The molecule has 0 saturated carbocycles. The number of hydrogen-bond donors (Lipinski definition) is 1. The molecule has 27 heavy (non-hydrogen) atoms. The van der Waals surface area contributed by atoms with Gasteiger partial charge in [-0.1, -0.05) is 0 Å². The Kier molecular flexibility index (Phi) is 5.61. The lowest BCUT2D eigenvalue weighted by atomic mass is 10.1. The van der Waals surface area contributed by atoms with E-state index in [4.69, 9.17) is 4.74 Å². The summed E-state index contributed by atoms with van der Waals surface area (Å²) >= 11 is 0. The zero-order valence-corrected chi connectivity index (χ0v) is 14.7. The lowest BCUT2D eigenvalue weighted by Gasteiger charge is -2.08. The fourth-order valence-electron chi connectivity index (χ4n) is 2.48. The van der Waals surface area contributed by atoms with Crippen molar-refractivity contribution in [2.45, 2.75) is 13.5 Å². The monoisotopic (exact) mass is 367 g/mol. The molecular weight excluding hydrogens is 349 g/mol. The second-order valence-electron chi connectivity index (χ2n) is 5.75. The number of carbonyl (C=O) groups excluding carboxylic acids is 1. The van der Waals surface area contributed by atoms with Gasteiger partial charge in [0, 0.05) is 17.3 Å².